The quantitative estimate of drug-likeness (QED) is 0.871. The molecular formula is C14H16FNO3. The van der Waals surface area contributed by atoms with E-state index in [-0.39, 0.29) is 30.1 Å². The van der Waals surface area contributed by atoms with Crippen molar-refractivity contribution >= 4 is 11.9 Å². The van der Waals surface area contributed by atoms with Crippen molar-refractivity contribution in [2.75, 3.05) is 0 Å². The highest BCUT2D eigenvalue weighted by Crippen LogP contribution is 2.25. The zero-order valence-electron chi connectivity index (χ0n) is 10.4. The Labute approximate surface area is 110 Å². The summed E-state index contributed by atoms with van der Waals surface area (Å²) in [6, 6.07) is 5.83. The molecule has 1 amide bonds. The summed E-state index contributed by atoms with van der Waals surface area (Å²) in [5.41, 5.74) is 0.616. The van der Waals surface area contributed by atoms with Crippen molar-refractivity contribution < 1.29 is 19.1 Å². The summed E-state index contributed by atoms with van der Waals surface area (Å²) in [5.74, 6) is -1.72. The van der Waals surface area contributed by atoms with Crippen LogP contribution in [0.1, 0.15) is 24.8 Å². The molecule has 102 valence electrons. The Hall–Kier alpha value is -1.91. The first-order valence-electron chi connectivity index (χ1n) is 6.31. The fraction of sp³-hybridized carbons (Fsp3) is 0.429. The van der Waals surface area contributed by atoms with Crippen molar-refractivity contribution in [3.05, 3.63) is 35.6 Å². The van der Waals surface area contributed by atoms with E-state index in [2.05, 4.69) is 5.32 Å². The summed E-state index contributed by atoms with van der Waals surface area (Å²) in [6.45, 7) is 0. The molecule has 0 unspecified atom stereocenters. The van der Waals surface area contributed by atoms with E-state index < -0.39 is 5.97 Å². The molecular weight excluding hydrogens is 249 g/mol. The first kappa shape index (κ1) is 13.5. The average Bonchev–Trinajstić information content (AvgIpc) is 2.77. The molecule has 1 fully saturated rings. The number of carbonyl (C=O) groups is 2. The van der Waals surface area contributed by atoms with Crippen LogP contribution in [0.2, 0.25) is 0 Å². The fourth-order valence-corrected chi connectivity index (χ4v) is 2.45. The molecule has 4 nitrogen and oxygen atoms in total. The maximum Gasteiger partial charge on any atom is 0.306 e. The lowest BCUT2D eigenvalue weighted by atomic mass is 10.1. The lowest BCUT2D eigenvalue weighted by Crippen LogP contribution is -2.34. The van der Waals surface area contributed by atoms with Gasteiger partial charge in [-0.3, -0.25) is 9.59 Å². The number of hydrogen-bond donors (Lipinski definition) is 2. The third kappa shape index (κ3) is 3.77. The molecule has 2 atom stereocenters. The molecule has 1 saturated carbocycles. The minimum Gasteiger partial charge on any atom is -0.481 e. The molecule has 2 N–H and O–H groups in total. The molecule has 2 rings (SSSR count). The molecule has 5 heteroatoms. The highest BCUT2D eigenvalue weighted by atomic mass is 19.1. The molecule has 0 aliphatic heterocycles. The van der Waals surface area contributed by atoms with Gasteiger partial charge in [-0.2, -0.15) is 0 Å². The van der Waals surface area contributed by atoms with Gasteiger partial charge in [0.2, 0.25) is 5.91 Å². The number of carboxylic acids is 1. The van der Waals surface area contributed by atoms with E-state index in [0.717, 1.165) is 0 Å². The molecule has 1 aromatic rings. The second-order valence-electron chi connectivity index (χ2n) is 4.92. The van der Waals surface area contributed by atoms with E-state index in [0.29, 0.717) is 24.8 Å². The summed E-state index contributed by atoms with van der Waals surface area (Å²) < 4.78 is 13.0. The van der Waals surface area contributed by atoms with Crippen LogP contribution in [0, 0.1) is 11.7 Å². The number of hydrogen-bond acceptors (Lipinski definition) is 2. The number of rotatable bonds is 4. The Kier molecular flexibility index (Phi) is 4.14. The first-order chi connectivity index (χ1) is 9.04. The Bertz CT molecular complexity index is 489. The molecule has 1 aliphatic rings. The highest BCUT2D eigenvalue weighted by molar-refractivity contribution is 5.79. The Balaban J connectivity index is 1.84. The van der Waals surface area contributed by atoms with Crippen molar-refractivity contribution in [3.8, 4) is 0 Å². The number of halogens is 1. The minimum atomic E-state index is -0.804. The number of nitrogens with one attached hydrogen (secondary N) is 1. The Morgan fingerprint density at radius 1 is 1.37 bits per heavy atom. The van der Waals surface area contributed by atoms with E-state index in [1.165, 1.54) is 12.1 Å². The molecule has 0 saturated heterocycles. The van der Waals surface area contributed by atoms with Crippen LogP contribution in [-0.2, 0) is 16.0 Å². The van der Waals surface area contributed by atoms with Crippen LogP contribution >= 0.6 is 0 Å². The van der Waals surface area contributed by atoms with Crippen LogP contribution in [0.4, 0.5) is 4.39 Å². The van der Waals surface area contributed by atoms with E-state index >= 15 is 0 Å². The molecule has 19 heavy (non-hydrogen) atoms. The monoisotopic (exact) mass is 265 g/mol. The Morgan fingerprint density at radius 2 is 2.16 bits per heavy atom. The number of carbonyl (C=O) groups excluding carboxylic acids is 1. The number of carboxylic acid groups (broad SMARTS) is 1. The van der Waals surface area contributed by atoms with Crippen molar-refractivity contribution in [3.63, 3.8) is 0 Å². The maximum atomic E-state index is 13.0. The topological polar surface area (TPSA) is 66.4 Å². The van der Waals surface area contributed by atoms with Gasteiger partial charge < -0.3 is 10.4 Å². The predicted molar refractivity (Wildman–Crippen MR) is 67.0 cm³/mol. The Morgan fingerprint density at radius 3 is 2.79 bits per heavy atom. The third-order valence-corrected chi connectivity index (χ3v) is 3.40. The van der Waals surface area contributed by atoms with Crippen molar-refractivity contribution in [2.45, 2.75) is 31.7 Å². The molecule has 1 aliphatic carbocycles. The van der Waals surface area contributed by atoms with Crippen LogP contribution in [0.5, 0.6) is 0 Å². The molecule has 0 bridgehead atoms. The average molecular weight is 265 g/mol. The summed E-state index contributed by atoms with van der Waals surface area (Å²) in [6.07, 6.45) is 1.88. The van der Waals surface area contributed by atoms with Gasteiger partial charge in [0.1, 0.15) is 5.82 Å². The van der Waals surface area contributed by atoms with E-state index in [1.54, 1.807) is 12.1 Å². The summed E-state index contributed by atoms with van der Waals surface area (Å²) >= 11 is 0. The minimum absolute atomic E-state index is 0.0813. The maximum absolute atomic E-state index is 13.0. The van der Waals surface area contributed by atoms with Gasteiger partial charge in [0.05, 0.1) is 12.3 Å². The standard InChI is InChI=1S/C14H16FNO3/c15-11-3-1-2-9(6-11)7-13(17)16-12-5-4-10(8-12)14(18)19/h1-3,6,10,12H,4-5,7-8H2,(H,16,17)(H,18,19)/t10-,12-/m0/s1. The van der Waals surface area contributed by atoms with Gasteiger partial charge >= 0.3 is 5.97 Å². The van der Waals surface area contributed by atoms with E-state index in [1.807, 2.05) is 0 Å². The zero-order valence-corrected chi connectivity index (χ0v) is 10.4. The largest absolute Gasteiger partial charge is 0.481 e. The summed E-state index contributed by atoms with van der Waals surface area (Å²) in [7, 11) is 0. The zero-order chi connectivity index (χ0) is 13.8. The lowest BCUT2D eigenvalue weighted by Gasteiger charge is -2.12. The molecule has 0 radical (unpaired) electrons. The third-order valence-electron chi connectivity index (χ3n) is 3.40. The van der Waals surface area contributed by atoms with E-state index in [9.17, 15) is 14.0 Å². The van der Waals surface area contributed by atoms with Crippen LogP contribution in [0.25, 0.3) is 0 Å². The molecule has 0 heterocycles. The SMILES string of the molecule is O=C(Cc1cccc(F)c1)N[C@H]1CC[C@H](C(=O)O)C1. The van der Waals surface area contributed by atoms with Crippen LogP contribution in [0.15, 0.2) is 24.3 Å². The van der Waals surface area contributed by atoms with Crippen molar-refractivity contribution in [2.24, 2.45) is 5.92 Å². The van der Waals surface area contributed by atoms with Crippen LogP contribution in [0.3, 0.4) is 0 Å². The molecule has 0 aromatic heterocycles. The second-order valence-corrected chi connectivity index (χ2v) is 4.92. The second kappa shape index (κ2) is 5.82. The van der Waals surface area contributed by atoms with Gasteiger partial charge in [-0.15, -0.1) is 0 Å². The number of benzene rings is 1. The van der Waals surface area contributed by atoms with Gasteiger partial charge in [0.15, 0.2) is 0 Å². The summed E-state index contributed by atoms with van der Waals surface area (Å²) in [4.78, 5) is 22.6. The lowest BCUT2D eigenvalue weighted by molar-refractivity contribution is -0.141. The first-order valence-corrected chi connectivity index (χ1v) is 6.31. The van der Waals surface area contributed by atoms with Crippen LogP contribution < -0.4 is 5.32 Å². The van der Waals surface area contributed by atoms with Crippen molar-refractivity contribution in [1.29, 1.82) is 0 Å². The fourth-order valence-electron chi connectivity index (χ4n) is 2.45. The van der Waals surface area contributed by atoms with Gasteiger partial charge in [-0.25, -0.2) is 4.39 Å². The number of aliphatic carboxylic acids is 1. The van der Waals surface area contributed by atoms with Gasteiger partial charge in [0, 0.05) is 6.04 Å². The molecule has 1 aromatic carbocycles. The van der Waals surface area contributed by atoms with E-state index in [4.69, 9.17) is 5.11 Å². The number of amides is 1. The van der Waals surface area contributed by atoms with Crippen molar-refractivity contribution in [1.82, 2.24) is 5.32 Å². The smallest absolute Gasteiger partial charge is 0.306 e. The van der Waals surface area contributed by atoms with Crippen LogP contribution in [-0.4, -0.2) is 23.0 Å². The normalized spacial score (nSPS) is 22.2. The summed E-state index contributed by atoms with van der Waals surface area (Å²) in [5, 5.41) is 11.7. The molecule has 0 spiro atoms. The van der Waals surface area contributed by atoms with Gasteiger partial charge in [-0.05, 0) is 37.0 Å². The predicted octanol–water partition coefficient (Wildman–Crippen LogP) is 1.74. The van der Waals surface area contributed by atoms with Gasteiger partial charge in [-0.1, -0.05) is 12.1 Å². The highest BCUT2D eigenvalue weighted by Gasteiger charge is 2.30. The van der Waals surface area contributed by atoms with Gasteiger partial charge in [0.25, 0.3) is 0 Å².